The molecule has 0 saturated carbocycles. The summed E-state index contributed by atoms with van der Waals surface area (Å²) in [5.74, 6) is -0.518. The topological polar surface area (TPSA) is 88.8 Å². The van der Waals surface area contributed by atoms with Gasteiger partial charge < -0.3 is 19.4 Å². The summed E-state index contributed by atoms with van der Waals surface area (Å²) in [5, 5.41) is 3.70. The van der Waals surface area contributed by atoms with E-state index in [1.807, 2.05) is 19.1 Å². The van der Waals surface area contributed by atoms with Gasteiger partial charge in [-0.3, -0.25) is 9.59 Å². The van der Waals surface area contributed by atoms with Crippen LogP contribution in [-0.4, -0.2) is 36.9 Å². The third kappa shape index (κ3) is 5.18. The van der Waals surface area contributed by atoms with Crippen LogP contribution in [0.15, 0.2) is 51.7 Å². The maximum Gasteiger partial charge on any atom is 0.336 e. The fourth-order valence-corrected chi connectivity index (χ4v) is 3.04. The molecule has 0 bridgehead atoms. The van der Waals surface area contributed by atoms with Gasteiger partial charge in [0.2, 0.25) is 5.91 Å². The minimum Gasteiger partial charge on any atom is -0.482 e. The number of halogens is 1. The van der Waals surface area contributed by atoms with Crippen LogP contribution >= 0.6 is 11.6 Å². The van der Waals surface area contributed by atoms with Gasteiger partial charge >= 0.3 is 5.63 Å². The Hall–Kier alpha value is -3.32. The molecular weight excluding hydrogens is 408 g/mol. The lowest BCUT2D eigenvalue weighted by atomic mass is 10.1. The van der Waals surface area contributed by atoms with Gasteiger partial charge in [0.05, 0.1) is 11.6 Å². The quantitative estimate of drug-likeness (QED) is 0.606. The fourth-order valence-electron chi connectivity index (χ4n) is 2.82. The van der Waals surface area contributed by atoms with Crippen LogP contribution in [0.4, 0.5) is 5.69 Å². The Labute approximate surface area is 178 Å². The highest BCUT2D eigenvalue weighted by Gasteiger charge is 2.16. The second-order valence-electron chi connectivity index (χ2n) is 6.98. The Kier molecular flexibility index (Phi) is 6.42. The number of aryl methyl sites for hydroxylation is 2. The van der Waals surface area contributed by atoms with E-state index in [4.69, 9.17) is 20.8 Å². The van der Waals surface area contributed by atoms with Crippen molar-refractivity contribution in [2.45, 2.75) is 13.8 Å². The number of nitrogens with one attached hydrogen (secondary N) is 1. The zero-order chi connectivity index (χ0) is 21.8. The molecule has 30 heavy (non-hydrogen) atoms. The van der Waals surface area contributed by atoms with E-state index < -0.39 is 11.5 Å². The Balaban J connectivity index is 1.60. The largest absolute Gasteiger partial charge is 0.482 e. The molecule has 1 N–H and O–H groups in total. The number of hydrogen-bond donors (Lipinski definition) is 1. The summed E-state index contributed by atoms with van der Waals surface area (Å²) >= 11 is 6.23. The van der Waals surface area contributed by atoms with E-state index >= 15 is 0 Å². The zero-order valence-electron chi connectivity index (χ0n) is 16.8. The molecule has 2 amide bonds. The van der Waals surface area contributed by atoms with Gasteiger partial charge in [-0.25, -0.2) is 4.79 Å². The monoisotopic (exact) mass is 428 g/mol. The summed E-state index contributed by atoms with van der Waals surface area (Å²) < 4.78 is 10.7. The van der Waals surface area contributed by atoms with E-state index in [0.717, 1.165) is 11.1 Å². The lowest BCUT2D eigenvalue weighted by Gasteiger charge is -2.17. The van der Waals surface area contributed by atoms with Gasteiger partial charge in [-0.15, -0.1) is 0 Å². The number of ether oxygens (including phenoxy) is 1. The second kappa shape index (κ2) is 9.00. The minimum absolute atomic E-state index is 0.129. The molecule has 0 saturated heterocycles. The first-order valence-electron chi connectivity index (χ1n) is 9.20. The molecule has 0 aliphatic carbocycles. The van der Waals surface area contributed by atoms with Gasteiger partial charge in [0.15, 0.2) is 6.61 Å². The smallest absolute Gasteiger partial charge is 0.336 e. The van der Waals surface area contributed by atoms with Crippen LogP contribution < -0.4 is 15.7 Å². The molecule has 0 spiro atoms. The molecule has 8 heteroatoms. The zero-order valence-corrected chi connectivity index (χ0v) is 17.6. The van der Waals surface area contributed by atoms with Crippen molar-refractivity contribution in [2.75, 3.05) is 25.5 Å². The normalized spacial score (nSPS) is 10.7. The Morgan fingerprint density at radius 1 is 1.13 bits per heavy atom. The van der Waals surface area contributed by atoms with Crippen LogP contribution in [0.1, 0.15) is 11.1 Å². The highest BCUT2D eigenvalue weighted by atomic mass is 35.5. The van der Waals surface area contributed by atoms with Crippen molar-refractivity contribution in [2.24, 2.45) is 0 Å². The van der Waals surface area contributed by atoms with Gasteiger partial charge in [0, 0.05) is 30.3 Å². The predicted molar refractivity (Wildman–Crippen MR) is 115 cm³/mol. The standard InChI is InChI=1S/C22H21ClN2O5/c1-13-4-6-15(7-5-13)24-20(26)11-25(3)21(27)12-29-19-10-18-16(9-17(19)23)14(2)8-22(28)30-18/h4-10H,11-12H2,1-3H3,(H,24,26). The molecule has 1 heterocycles. The SMILES string of the molecule is Cc1ccc(NC(=O)CN(C)C(=O)COc2cc3oc(=O)cc(C)c3cc2Cl)cc1. The number of hydrogen-bond acceptors (Lipinski definition) is 5. The van der Waals surface area contributed by atoms with Gasteiger partial charge in [0.1, 0.15) is 11.3 Å². The summed E-state index contributed by atoms with van der Waals surface area (Å²) in [7, 11) is 1.50. The third-order valence-corrected chi connectivity index (χ3v) is 4.79. The van der Waals surface area contributed by atoms with Gasteiger partial charge in [-0.05, 0) is 37.6 Å². The summed E-state index contributed by atoms with van der Waals surface area (Å²) in [4.78, 5) is 37.3. The predicted octanol–water partition coefficient (Wildman–Crippen LogP) is 3.54. The molecule has 3 aromatic rings. The van der Waals surface area contributed by atoms with Gasteiger partial charge in [0.25, 0.3) is 5.91 Å². The molecule has 0 unspecified atom stereocenters. The molecule has 0 fully saturated rings. The van der Waals surface area contributed by atoms with Crippen molar-refractivity contribution < 1.29 is 18.7 Å². The number of carbonyl (C=O) groups excluding carboxylic acids is 2. The van der Waals surface area contributed by atoms with E-state index in [1.54, 1.807) is 25.1 Å². The first kappa shape index (κ1) is 21.4. The number of carbonyl (C=O) groups is 2. The molecule has 0 aliphatic rings. The van der Waals surface area contributed by atoms with Crippen molar-refractivity contribution in [3.8, 4) is 5.75 Å². The molecule has 156 valence electrons. The maximum atomic E-state index is 12.3. The lowest BCUT2D eigenvalue weighted by molar-refractivity contribution is -0.135. The Morgan fingerprint density at radius 3 is 2.53 bits per heavy atom. The van der Waals surface area contributed by atoms with Crippen molar-refractivity contribution in [3.63, 3.8) is 0 Å². The summed E-state index contributed by atoms with van der Waals surface area (Å²) in [6.07, 6.45) is 0. The van der Waals surface area contributed by atoms with Crippen molar-refractivity contribution in [1.82, 2.24) is 4.90 Å². The Morgan fingerprint density at radius 2 is 1.83 bits per heavy atom. The number of amides is 2. The molecule has 0 atom stereocenters. The average Bonchev–Trinajstić information content (AvgIpc) is 2.68. The van der Waals surface area contributed by atoms with Crippen molar-refractivity contribution in [1.29, 1.82) is 0 Å². The minimum atomic E-state index is -0.483. The molecular formula is C22H21ClN2O5. The summed E-state index contributed by atoms with van der Waals surface area (Å²) in [5.41, 5.74) is 2.30. The van der Waals surface area contributed by atoms with Crippen molar-refractivity contribution >= 4 is 40.1 Å². The number of anilines is 1. The molecule has 0 radical (unpaired) electrons. The first-order valence-corrected chi connectivity index (χ1v) is 9.58. The number of fused-ring (bicyclic) bond motifs is 1. The molecule has 0 aliphatic heterocycles. The number of nitrogens with zero attached hydrogens (tertiary/aromatic N) is 1. The molecule has 7 nitrogen and oxygen atoms in total. The highest BCUT2D eigenvalue weighted by Crippen LogP contribution is 2.31. The van der Waals surface area contributed by atoms with Crippen LogP contribution in [0.25, 0.3) is 11.0 Å². The maximum absolute atomic E-state index is 12.3. The van der Waals surface area contributed by atoms with E-state index in [2.05, 4.69) is 5.32 Å². The molecule has 3 rings (SSSR count). The summed E-state index contributed by atoms with van der Waals surface area (Å²) in [6, 6.07) is 11.8. The van der Waals surface area contributed by atoms with Crippen LogP contribution in [0.5, 0.6) is 5.75 Å². The number of likely N-dealkylation sites (N-methyl/N-ethyl adjacent to an activating group) is 1. The fraction of sp³-hybridized carbons (Fsp3) is 0.227. The van der Waals surface area contributed by atoms with E-state index in [1.165, 1.54) is 24.1 Å². The van der Waals surface area contributed by atoms with E-state index in [0.29, 0.717) is 16.7 Å². The molecule has 2 aromatic carbocycles. The van der Waals surface area contributed by atoms with Crippen LogP contribution in [0, 0.1) is 13.8 Å². The first-order chi connectivity index (χ1) is 14.2. The van der Waals surface area contributed by atoms with Gasteiger partial charge in [-0.1, -0.05) is 29.3 Å². The van der Waals surface area contributed by atoms with Crippen LogP contribution in [0.3, 0.4) is 0 Å². The third-order valence-electron chi connectivity index (χ3n) is 4.50. The van der Waals surface area contributed by atoms with E-state index in [9.17, 15) is 14.4 Å². The average molecular weight is 429 g/mol. The van der Waals surface area contributed by atoms with Crippen LogP contribution in [-0.2, 0) is 9.59 Å². The molecule has 1 aromatic heterocycles. The summed E-state index contributed by atoms with van der Waals surface area (Å²) in [6.45, 7) is 3.27. The number of rotatable bonds is 6. The van der Waals surface area contributed by atoms with Crippen molar-refractivity contribution in [3.05, 3.63) is 69.0 Å². The van der Waals surface area contributed by atoms with Gasteiger partial charge in [-0.2, -0.15) is 0 Å². The highest BCUT2D eigenvalue weighted by molar-refractivity contribution is 6.32. The Bertz CT molecular complexity index is 1150. The second-order valence-corrected chi connectivity index (χ2v) is 7.39. The lowest BCUT2D eigenvalue weighted by Crippen LogP contribution is -2.37. The van der Waals surface area contributed by atoms with Crippen LogP contribution in [0.2, 0.25) is 5.02 Å². The van der Waals surface area contributed by atoms with E-state index in [-0.39, 0.29) is 29.8 Å². The number of benzene rings is 2.